The number of aliphatic hydroxyl groups is 1. The molecule has 0 aromatic heterocycles. The van der Waals surface area contributed by atoms with Crippen LogP contribution in [0.4, 0.5) is 0 Å². The minimum Gasteiger partial charge on any atom is -0.508 e. The van der Waals surface area contributed by atoms with Crippen LogP contribution in [0.3, 0.4) is 0 Å². The van der Waals surface area contributed by atoms with Crippen molar-refractivity contribution >= 4 is 11.9 Å². The molecule has 1 atom stereocenters. The second-order valence-electron chi connectivity index (χ2n) is 6.35. The Kier molecular flexibility index (Phi) is 6.31. The number of ether oxygens (including phenoxy) is 1. The second-order valence-corrected chi connectivity index (χ2v) is 6.35. The average molecular weight is 374 g/mol. The highest BCUT2D eigenvalue weighted by atomic mass is 16.5. The fourth-order valence-corrected chi connectivity index (χ4v) is 2.36. The van der Waals surface area contributed by atoms with Crippen molar-refractivity contribution in [3.8, 4) is 28.7 Å². The fraction of sp³-hybridized carbons (Fsp3) is 0.250. The number of phenols is 4. The predicted molar refractivity (Wildman–Crippen MR) is 99.2 cm³/mol. The van der Waals surface area contributed by atoms with E-state index >= 15 is 0 Å². The molecule has 27 heavy (non-hydrogen) atoms. The smallest absolute Gasteiger partial charge is 0.202 e. The molecule has 0 saturated carbocycles. The van der Waals surface area contributed by atoms with Crippen molar-refractivity contribution in [2.75, 3.05) is 6.61 Å². The third-order valence-electron chi connectivity index (χ3n) is 3.71. The van der Waals surface area contributed by atoms with Crippen molar-refractivity contribution in [1.82, 2.24) is 0 Å². The number of hydrogen-bond donors (Lipinski definition) is 5. The normalized spacial score (nSPS) is 15.9. The van der Waals surface area contributed by atoms with Gasteiger partial charge in [0, 0.05) is 12.1 Å². The SMILES string of the molecule is CC(C)/C=C/c1c(O)cc2c(c1O)C(=O)[C@H](O)CO2.Oc1cccc(O)c1. The maximum absolute atomic E-state index is 11.8. The van der Waals surface area contributed by atoms with Gasteiger partial charge in [-0.1, -0.05) is 32.1 Å². The van der Waals surface area contributed by atoms with E-state index in [9.17, 15) is 20.1 Å². The summed E-state index contributed by atoms with van der Waals surface area (Å²) in [6, 6.07) is 7.13. The lowest BCUT2D eigenvalue weighted by atomic mass is 9.97. The Balaban J connectivity index is 0.000000273. The van der Waals surface area contributed by atoms with Gasteiger partial charge in [0.2, 0.25) is 5.78 Å². The summed E-state index contributed by atoms with van der Waals surface area (Å²) in [5.41, 5.74) is 0.0680. The number of fused-ring (bicyclic) bond motifs is 1. The summed E-state index contributed by atoms with van der Waals surface area (Å²) in [7, 11) is 0. The van der Waals surface area contributed by atoms with E-state index in [1.807, 2.05) is 13.8 Å². The van der Waals surface area contributed by atoms with Gasteiger partial charge in [0.1, 0.15) is 40.9 Å². The molecular weight excluding hydrogens is 352 g/mol. The van der Waals surface area contributed by atoms with Gasteiger partial charge in [-0.25, -0.2) is 0 Å². The molecule has 0 radical (unpaired) electrons. The zero-order valence-corrected chi connectivity index (χ0v) is 15.0. The Morgan fingerprint density at radius 3 is 2.26 bits per heavy atom. The van der Waals surface area contributed by atoms with Crippen molar-refractivity contribution in [3.63, 3.8) is 0 Å². The van der Waals surface area contributed by atoms with Crippen LogP contribution in [0.25, 0.3) is 6.08 Å². The number of carbonyl (C=O) groups is 1. The number of hydrogen-bond acceptors (Lipinski definition) is 7. The van der Waals surface area contributed by atoms with Crippen LogP contribution in [0.5, 0.6) is 28.7 Å². The molecule has 0 bridgehead atoms. The number of aromatic hydroxyl groups is 4. The van der Waals surface area contributed by atoms with E-state index in [2.05, 4.69) is 0 Å². The maximum Gasteiger partial charge on any atom is 0.202 e. The molecule has 7 heteroatoms. The Morgan fingerprint density at radius 1 is 1.11 bits per heavy atom. The molecule has 2 aromatic carbocycles. The Bertz CT molecular complexity index is 838. The number of ketones is 1. The van der Waals surface area contributed by atoms with E-state index in [1.54, 1.807) is 18.2 Å². The first kappa shape index (κ1) is 20.1. The van der Waals surface area contributed by atoms with Gasteiger partial charge in [-0.3, -0.25) is 4.79 Å². The van der Waals surface area contributed by atoms with E-state index in [0.29, 0.717) is 0 Å². The molecule has 0 aliphatic carbocycles. The molecular formula is C20H22O7. The lowest BCUT2D eigenvalue weighted by Crippen LogP contribution is -2.32. The third kappa shape index (κ3) is 4.92. The topological polar surface area (TPSA) is 127 Å². The number of rotatable bonds is 2. The van der Waals surface area contributed by atoms with Gasteiger partial charge in [0.25, 0.3) is 0 Å². The van der Waals surface area contributed by atoms with Crippen molar-refractivity contribution in [3.05, 3.63) is 47.5 Å². The molecule has 3 rings (SSSR count). The van der Waals surface area contributed by atoms with Gasteiger partial charge in [-0.2, -0.15) is 0 Å². The molecule has 5 N–H and O–H groups in total. The van der Waals surface area contributed by atoms with Crippen molar-refractivity contribution in [2.45, 2.75) is 20.0 Å². The second kappa shape index (κ2) is 8.46. The summed E-state index contributed by atoms with van der Waals surface area (Å²) in [4.78, 5) is 11.8. The highest BCUT2D eigenvalue weighted by Crippen LogP contribution is 2.41. The van der Waals surface area contributed by atoms with Crippen molar-refractivity contribution in [1.29, 1.82) is 0 Å². The molecule has 2 aromatic rings. The maximum atomic E-state index is 11.8. The summed E-state index contributed by atoms with van der Waals surface area (Å²) in [5.74, 6) is -0.639. The van der Waals surface area contributed by atoms with Crippen LogP contribution < -0.4 is 4.74 Å². The number of benzene rings is 2. The lowest BCUT2D eigenvalue weighted by Gasteiger charge is -2.22. The highest BCUT2D eigenvalue weighted by molar-refractivity contribution is 6.06. The summed E-state index contributed by atoms with van der Waals surface area (Å²) < 4.78 is 5.13. The molecule has 1 aliphatic rings. The zero-order chi connectivity index (χ0) is 20.1. The van der Waals surface area contributed by atoms with E-state index in [1.165, 1.54) is 24.3 Å². The average Bonchev–Trinajstić information content (AvgIpc) is 2.58. The molecule has 144 valence electrons. The zero-order valence-electron chi connectivity index (χ0n) is 15.0. The van der Waals surface area contributed by atoms with E-state index < -0.39 is 11.9 Å². The molecule has 1 heterocycles. The van der Waals surface area contributed by atoms with E-state index in [-0.39, 0.29) is 52.4 Å². The van der Waals surface area contributed by atoms with Crippen molar-refractivity contribution in [2.24, 2.45) is 5.92 Å². The van der Waals surface area contributed by atoms with Gasteiger partial charge in [-0.05, 0) is 18.1 Å². The monoisotopic (exact) mass is 374 g/mol. The van der Waals surface area contributed by atoms with Gasteiger partial charge in [0.05, 0.1) is 5.56 Å². The van der Waals surface area contributed by atoms with Crippen LogP contribution in [0.1, 0.15) is 29.8 Å². The molecule has 0 fully saturated rings. The standard InChI is InChI=1S/C14H16O5.C6H6O2/c1-7(2)3-4-8-9(15)5-11-12(13(8)17)14(18)10(16)6-19-11;7-5-2-1-3-6(8)4-5/h3-5,7,10,15-17H,6H2,1-2H3;1-4,7-8H/b4-3+;/t10-;/m1./s1. The largest absolute Gasteiger partial charge is 0.508 e. The summed E-state index contributed by atoms with van der Waals surface area (Å²) >= 11 is 0. The molecule has 0 unspecified atom stereocenters. The first-order valence-electron chi connectivity index (χ1n) is 8.31. The summed E-state index contributed by atoms with van der Waals surface area (Å²) in [6.45, 7) is 3.72. The predicted octanol–water partition coefficient (Wildman–Crippen LogP) is 2.80. The quantitative estimate of drug-likeness (QED) is 0.547. The van der Waals surface area contributed by atoms with Crippen molar-refractivity contribution < 1.29 is 35.1 Å². The molecule has 0 amide bonds. The Hall–Kier alpha value is -3.19. The lowest BCUT2D eigenvalue weighted by molar-refractivity contribution is 0.0552. The molecule has 0 spiro atoms. The van der Waals surface area contributed by atoms with Gasteiger partial charge in [0.15, 0.2) is 6.10 Å². The van der Waals surface area contributed by atoms with Gasteiger partial charge < -0.3 is 30.3 Å². The summed E-state index contributed by atoms with van der Waals surface area (Å²) in [5, 5.41) is 46.7. The Morgan fingerprint density at radius 2 is 1.74 bits per heavy atom. The first-order valence-corrected chi connectivity index (χ1v) is 8.31. The minimum atomic E-state index is -1.29. The molecule has 7 nitrogen and oxygen atoms in total. The number of phenolic OH excluding ortho intramolecular Hbond substituents is 4. The van der Waals surface area contributed by atoms with Crippen LogP contribution in [0.15, 0.2) is 36.4 Å². The van der Waals surface area contributed by atoms with Crippen LogP contribution in [-0.2, 0) is 0 Å². The molecule has 0 saturated heterocycles. The van der Waals surface area contributed by atoms with E-state index in [4.69, 9.17) is 14.9 Å². The number of Topliss-reactive ketones (excluding diaryl/α,β-unsaturated/α-hetero) is 1. The number of allylic oxidation sites excluding steroid dienone is 1. The minimum absolute atomic E-state index is 0.0834. The van der Waals surface area contributed by atoms with E-state index in [0.717, 1.165) is 0 Å². The summed E-state index contributed by atoms with van der Waals surface area (Å²) in [6.07, 6.45) is 2.04. The fourth-order valence-electron chi connectivity index (χ4n) is 2.36. The van der Waals surface area contributed by atoms with Crippen LogP contribution in [0.2, 0.25) is 0 Å². The van der Waals surface area contributed by atoms with Crippen LogP contribution in [0, 0.1) is 5.92 Å². The highest BCUT2D eigenvalue weighted by Gasteiger charge is 2.32. The van der Waals surface area contributed by atoms with Crippen LogP contribution in [-0.4, -0.2) is 44.0 Å². The third-order valence-corrected chi connectivity index (χ3v) is 3.71. The molecule has 1 aliphatic heterocycles. The first-order chi connectivity index (χ1) is 12.7. The van der Waals surface area contributed by atoms with Crippen LogP contribution >= 0.6 is 0 Å². The number of aliphatic hydroxyl groups excluding tert-OH is 1. The Labute approximate surface area is 156 Å². The van der Waals surface area contributed by atoms with Gasteiger partial charge >= 0.3 is 0 Å². The number of carbonyl (C=O) groups excluding carboxylic acids is 1. The van der Waals surface area contributed by atoms with Gasteiger partial charge in [-0.15, -0.1) is 0 Å².